The van der Waals surface area contributed by atoms with Crippen LogP contribution < -0.4 is 10.6 Å². The fraction of sp³-hybridized carbons (Fsp3) is 0.824. The molecule has 1 fully saturated rings. The van der Waals surface area contributed by atoms with Crippen LogP contribution in [0.1, 0.15) is 39.5 Å². The van der Waals surface area contributed by atoms with Crippen molar-refractivity contribution in [2.75, 3.05) is 33.5 Å². The number of ketones is 1. The number of hydrogen-bond donors (Lipinski definition) is 2. The van der Waals surface area contributed by atoms with Crippen molar-refractivity contribution in [2.24, 2.45) is 11.8 Å². The van der Waals surface area contributed by atoms with Crippen molar-refractivity contribution in [3.63, 3.8) is 0 Å². The summed E-state index contributed by atoms with van der Waals surface area (Å²) in [6.07, 6.45) is 3.35. The number of carbonyl (C=O) groups is 3. The van der Waals surface area contributed by atoms with Gasteiger partial charge in [-0.2, -0.15) is 0 Å². The quantitative estimate of drug-likeness (QED) is 0.569. The van der Waals surface area contributed by atoms with Crippen molar-refractivity contribution in [3.05, 3.63) is 0 Å². The summed E-state index contributed by atoms with van der Waals surface area (Å²) in [4.78, 5) is 34.9. The highest BCUT2D eigenvalue weighted by molar-refractivity contribution is 5.83. The van der Waals surface area contributed by atoms with Crippen LogP contribution in [-0.2, 0) is 23.9 Å². The minimum absolute atomic E-state index is 0.0163. The van der Waals surface area contributed by atoms with E-state index in [0.717, 1.165) is 25.7 Å². The number of ether oxygens (including phenoxy) is 2. The molecule has 1 aliphatic carbocycles. The maximum atomic E-state index is 12.0. The fourth-order valence-electron chi connectivity index (χ4n) is 2.87. The van der Waals surface area contributed by atoms with Gasteiger partial charge in [-0.3, -0.25) is 14.4 Å². The Bertz CT molecular complexity index is 417. The number of hydrogen-bond acceptors (Lipinski definition) is 5. The van der Waals surface area contributed by atoms with Gasteiger partial charge in [0, 0.05) is 31.5 Å². The Morgan fingerprint density at radius 1 is 1.04 bits per heavy atom. The maximum Gasteiger partial charge on any atom is 0.246 e. The molecule has 0 aromatic heterocycles. The Balaban J connectivity index is 2.10. The van der Waals surface area contributed by atoms with Gasteiger partial charge in [0.2, 0.25) is 11.8 Å². The molecule has 0 saturated heterocycles. The van der Waals surface area contributed by atoms with Crippen LogP contribution in [0, 0.1) is 11.8 Å². The van der Waals surface area contributed by atoms with Crippen molar-refractivity contribution in [1.82, 2.24) is 10.6 Å². The molecule has 1 saturated carbocycles. The van der Waals surface area contributed by atoms with E-state index in [-0.39, 0.29) is 49.5 Å². The van der Waals surface area contributed by atoms with Gasteiger partial charge in [-0.15, -0.1) is 0 Å². The Kier molecular flexibility index (Phi) is 9.56. The molecule has 2 N–H and O–H groups in total. The van der Waals surface area contributed by atoms with Gasteiger partial charge in [0.15, 0.2) is 0 Å². The molecule has 0 aromatic rings. The molecule has 1 aliphatic rings. The molecule has 0 spiro atoms. The van der Waals surface area contributed by atoms with Crippen molar-refractivity contribution < 1.29 is 23.9 Å². The predicted molar refractivity (Wildman–Crippen MR) is 89.4 cm³/mol. The molecule has 0 aromatic carbocycles. The first-order chi connectivity index (χ1) is 11.4. The molecule has 0 radical (unpaired) electrons. The zero-order valence-corrected chi connectivity index (χ0v) is 14.9. The van der Waals surface area contributed by atoms with Gasteiger partial charge in [-0.1, -0.05) is 13.8 Å². The van der Waals surface area contributed by atoms with Crippen LogP contribution >= 0.6 is 0 Å². The molecule has 24 heavy (non-hydrogen) atoms. The summed E-state index contributed by atoms with van der Waals surface area (Å²) in [6.45, 7) is 4.49. The molecule has 7 heteroatoms. The Morgan fingerprint density at radius 3 is 2.29 bits per heavy atom. The molecule has 1 rings (SSSR count). The Morgan fingerprint density at radius 2 is 1.71 bits per heavy atom. The topological polar surface area (TPSA) is 93.7 Å². The van der Waals surface area contributed by atoms with E-state index < -0.39 is 0 Å². The minimum atomic E-state index is -0.210. The first-order valence-electron chi connectivity index (χ1n) is 8.60. The molecule has 0 atom stereocenters. The highest BCUT2D eigenvalue weighted by atomic mass is 16.5. The van der Waals surface area contributed by atoms with Gasteiger partial charge in [0.25, 0.3) is 0 Å². The predicted octanol–water partition coefficient (Wildman–Crippen LogP) is 0.666. The molecule has 0 bridgehead atoms. The van der Waals surface area contributed by atoms with E-state index in [9.17, 15) is 14.4 Å². The van der Waals surface area contributed by atoms with E-state index in [1.165, 1.54) is 7.11 Å². The van der Waals surface area contributed by atoms with Gasteiger partial charge in [0.1, 0.15) is 19.0 Å². The monoisotopic (exact) mass is 342 g/mol. The van der Waals surface area contributed by atoms with Crippen LogP contribution in [0.15, 0.2) is 0 Å². The van der Waals surface area contributed by atoms with E-state index in [1.54, 1.807) is 0 Å². The van der Waals surface area contributed by atoms with Crippen molar-refractivity contribution in [2.45, 2.75) is 45.6 Å². The Labute approximate surface area is 143 Å². The average molecular weight is 342 g/mol. The van der Waals surface area contributed by atoms with Gasteiger partial charge >= 0.3 is 0 Å². The molecule has 7 nitrogen and oxygen atoms in total. The zero-order chi connectivity index (χ0) is 17.9. The molecule has 0 aliphatic heterocycles. The third-order valence-electron chi connectivity index (χ3n) is 4.14. The lowest BCUT2D eigenvalue weighted by Crippen LogP contribution is -2.41. The van der Waals surface area contributed by atoms with Crippen LogP contribution in [0.3, 0.4) is 0 Å². The number of methoxy groups -OCH3 is 1. The van der Waals surface area contributed by atoms with Crippen molar-refractivity contribution in [1.29, 1.82) is 0 Å². The summed E-state index contributed by atoms with van der Waals surface area (Å²) in [5, 5.41) is 5.56. The van der Waals surface area contributed by atoms with Crippen LogP contribution in [0.5, 0.6) is 0 Å². The molecule has 0 heterocycles. The second-order valence-electron chi connectivity index (χ2n) is 6.51. The third-order valence-corrected chi connectivity index (χ3v) is 4.14. The normalized spacial score (nSPS) is 20.7. The van der Waals surface area contributed by atoms with Gasteiger partial charge in [0.05, 0.1) is 6.61 Å². The summed E-state index contributed by atoms with van der Waals surface area (Å²) in [5.74, 6) is 0.192. The molecule has 2 amide bonds. The first-order valence-corrected chi connectivity index (χ1v) is 8.60. The van der Waals surface area contributed by atoms with E-state index in [4.69, 9.17) is 4.74 Å². The van der Waals surface area contributed by atoms with E-state index >= 15 is 0 Å². The molecular weight excluding hydrogens is 312 g/mol. The second-order valence-corrected chi connectivity index (χ2v) is 6.51. The standard InChI is InChI=1S/C17H30N2O5/c1-12(2)17(22)13-4-6-14(7-5-13)19-16(21)11-24-9-8-18-15(20)10-23-3/h12-14H,4-11H2,1-3H3,(H,18,20)(H,19,21)/t13-,14+. The van der Waals surface area contributed by atoms with E-state index in [0.29, 0.717) is 12.3 Å². The summed E-state index contributed by atoms with van der Waals surface area (Å²) in [6, 6.07) is 0.124. The number of nitrogens with one attached hydrogen (secondary N) is 2. The maximum absolute atomic E-state index is 12.0. The highest BCUT2D eigenvalue weighted by Crippen LogP contribution is 2.27. The highest BCUT2D eigenvalue weighted by Gasteiger charge is 2.28. The lowest BCUT2D eigenvalue weighted by molar-refractivity contribution is -0.127. The van der Waals surface area contributed by atoms with Gasteiger partial charge in [-0.25, -0.2) is 0 Å². The summed E-state index contributed by atoms with van der Waals surface area (Å²) in [7, 11) is 1.45. The fourth-order valence-corrected chi connectivity index (χ4v) is 2.87. The Hall–Kier alpha value is -1.47. The van der Waals surface area contributed by atoms with E-state index in [1.807, 2.05) is 13.8 Å². The molecule has 0 unspecified atom stereocenters. The molecule has 138 valence electrons. The summed E-state index contributed by atoms with van der Waals surface area (Å²) in [5.41, 5.74) is 0. The number of carbonyl (C=O) groups excluding carboxylic acids is 3. The van der Waals surface area contributed by atoms with E-state index in [2.05, 4.69) is 15.4 Å². The van der Waals surface area contributed by atoms with Gasteiger partial charge < -0.3 is 20.1 Å². The zero-order valence-electron chi connectivity index (χ0n) is 14.9. The van der Waals surface area contributed by atoms with Crippen molar-refractivity contribution >= 4 is 17.6 Å². The lowest BCUT2D eigenvalue weighted by Gasteiger charge is -2.29. The van der Waals surface area contributed by atoms with Gasteiger partial charge in [-0.05, 0) is 25.7 Å². The second kappa shape index (κ2) is 11.1. The number of rotatable bonds is 10. The SMILES string of the molecule is COCC(=O)NCCOCC(=O)N[C@H]1CC[C@@H](C(=O)C(C)C)CC1. The third kappa shape index (κ3) is 7.88. The lowest BCUT2D eigenvalue weighted by atomic mass is 9.80. The van der Waals surface area contributed by atoms with Crippen LogP contribution in [0.25, 0.3) is 0 Å². The minimum Gasteiger partial charge on any atom is -0.375 e. The molecular formula is C17H30N2O5. The van der Waals surface area contributed by atoms with Crippen LogP contribution in [0.2, 0.25) is 0 Å². The summed E-state index contributed by atoms with van der Waals surface area (Å²) >= 11 is 0. The number of amides is 2. The smallest absolute Gasteiger partial charge is 0.246 e. The number of Topliss-reactive ketones (excluding diaryl/α,β-unsaturated/α-hetero) is 1. The van der Waals surface area contributed by atoms with Crippen molar-refractivity contribution in [3.8, 4) is 0 Å². The average Bonchev–Trinajstić information content (AvgIpc) is 2.54. The van der Waals surface area contributed by atoms with Crippen LogP contribution in [-0.4, -0.2) is 57.1 Å². The largest absolute Gasteiger partial charge is 0.375 e. The first kappa shape index (κ1) is 20.6. The van der Waals surface area contributed by atoms with Crippen LogP contribution in [0.4, 0.5) is 0 Å². The summed E-state index contributed by atoms with van der Waals surface area (Å²) < 4.78 is 9.92.